The first kappa shape index (κ1) is 17.9. The maximum absolute atomic E-state index is 11.6. The van der Waals surface area contributed by atoms with Gasteiger partial charge in [0.05, 0.1) is 6.54 Å². The molecule has 3 amide bonds. The van der Waals surface area contributed by atoms with Crippen LogP contribution in [0.1, 0.15) is 0 Å². The zero-order valence-electron chi connectivity index (χ0n) is 12.5. The lowest BCUT2D eigenvalue weighted by Gasteiger charge is -2.09. The van der Waals surface area contributed by atoms with Gasteiger partial charge in [0.15, 0.2) is 0 Å². The topological polar surface area (TPSA) is 79.5 Å². The van der Waals surface area contributed by atoms with E-state index >= 15 is 0 Å². The largest absolute Gasteiger partial charge is 0.447 e. The summed E-state index contributed by atoms with van der Waals surface area (Å²) in [6.45, 7) is 0.209. The van der Waals surface area contributed by atoms with E-state index in [9.17, 15) is 9.59 Å². The van der Waals surface area contributed by atoms with Crippen LogP contribution in [-0.2, 0) is 4.74 Å². The average molecular weight is 368 g/mol. The third kappa shape index (κ3) is 6.36. The van der Waals surface area contributed by atoms with Gasteiger partial charge < -0.3 is 15.4 Å². The Morgan fingerprint density at radius 2 is 1.33 bits per heavy atom. The first-order chi connectivity index (χ1) is 11.5. The Balaban J connectivity index is 1.63. The fraction of sp³-hybridized carbons (Fsp3) is 0.125. The second-order valence-electron chi connectivity index (χ2n) is 4.66. The molecule has 2 rings (SSSR count). The van der Waals surface area contributed by atoms with E-state index < -0.39 is 12.1 Å². The summed E-state index contributed by atoms with van der Waals surface area (Å²) in [4.78, 5) is 23.2. The van der Waals surface area contributed by atoms with Gasteiger partial charge in [-0.15, -0.1) is 0 Å². The van der Waals surface area contributed by atoms with E-state index in [1.165, 1.54) is 0 Å². The number of carbonyl (C=O) groups excluding carboxylic acids is 2. The third-order valence-electron chi connectivity index (χ3n) is 2.81. The van der Waals surface area contributed by atoms with Gasteiger partial charge in [-0.25, -0.2) is 9.59 Å². The molecule has 2 aromatic carbocycles. The molecule has 3 N–H and O–H groups in total. The van der Waals surface area contributed by atoms with Crippen LogP contribution in [-0.4, -0.2) is 25.3 Å². The van der Waals surface area contributed by atoms with Crippen LogP contribution in [0, 0.1) is 0 Å². The van der Waals surface area contributed by atoms with Crippen LogP contribution in [0.2, 0.25) is 10.0 Å². The Bertz CT molecular complexity index is 629. The van der Waals surface area contributed by atoms with Crippen molar-refractivity contribution < 1.29 is 14.3 Å². The molecule has 0 spiro atoms. The molecule has 8 heteroatoms. The summed E-state index contributed by atoms with van der Waals surface area (Å²) in [5.74, 6) is 0. The first-order valence-corrected chi connectivity index (χ1v) is 7.78. The molecule has 6 nitrogen and oxygen atoms in total. The zero-order valence-corrected chi connectivity index (χ0v) is 14.0. The van der Waals surface area contributed by atoms with E-state index in [2.05, 4.69) is 16.0 Å². The Hall–Kier alpha value is -2.44. The van der Waals surface area contributed by atoms with E-state index in [4.69, 9.17) is 27.9 Å². The number of urea groups is 1. The number of ether oxygens (including phenoxy) is 1. The van der Waals surface area contributed by atoms with Crippen LogP contribution >= 0.6 is 23.2 Å². The predicted octanol–water partition coefficient (Wildman–Crippen LogP) is 4.36. The summed E-state index contributed by atoms with van der Waals surface area (Å²) in [7, 11) is 0. The van der Waals surface area contributed by atoms with Crippen LogP contribution in [0.25, 0.3) is 0 Å². The fourth-order valence-corrected chi connectivity index (χ4v) is 1.96. The van der Waals surface area contributed by atoms with Gasteiger partial charge in [-0.2, -0.15) is 0 Å². The maximum atomic E-state index is 11.6. The molecule has 0 aliphatic rings. The second-order valence-corrected chi connectivity index (χ2v) is 5.53. The minimum Gasteiger partial charge on any atom is -0.447 e. The molecular weight excluding hydrogens is 353 g/mol. The smallest absolute Gasteiger partial charge is 0.411 e. The molecule has 0 bridgehead atoms. The van der Waals surface area contributed by atoms with Gasteiger partial charge in [-0.05, 0) is 48.5 Å². The number of halogens is 2. The standard InChI is InChI=1S/C16H15Cl2N3O3/c17-11-1-5-13(6-2-11)20-15(22)19-9-10-24-16(23)21-14-7-3-12(18)4-8-14/h1-8H,9-10H2,(H,21,23)(H2,19,20,22). The highest BCUT2D eigenvalue weighted by Gasteiger charge is 2.04. The Labute approximate surface area is 149 Å². The molecule has 0 aromatic heterocycles. The lowest BCUT2D eigenvalue weighted by molar-refractivity contribution is 0.162. The van der Waals surface area contributed by atoms with Crippen molar-refractivity contribution >= 4 is 46.7 Å². The number of benzene rings is 2. The number of carbonyl (C=O) groups is 2. The van der Waals surface area contributed by atoms with Gasteiger partial charge in [-0.1, -0.05) is 23.2 Å². The van der Waals surface area contributed by atoms with Crippen LogP contribution < -0.4 is 16.0 Å². The van der Waals surface area contributed by atoms with Gasteiger partial charge in [-0.3, -0.25) is 5.32 Å². The summed E-state index contributed by atoms with van der Waals surface area (Å²) in [6, 6.07) is 12.9. The van der Waals surface area contributed by atoms with Crippen molar-refractivity contribution in [1.82, 2.24) is 5.32 Å². The van der Waals surface area contributed by atoms with Gasteiger partial charge in [0, 0.05) is 21.4 Å². The van der Waals surface area contributed by atoms with Crippen molar-refractivity contribution in [3.8, 4) is 0 Å². The Morgan fingerprint density at radius 1 is 0.833 bits per heavy atom. The minimum absolute atomic E-state index is 0.0352. The SMILES string of the molecule is O=C(NCCOC(=O)Nc1ccc(Cl)cc1)Nc1ccc(Cl)cc1. The van der Waals surface area contributed by atoms with Crippen LogP contribution in [0.15, 0.2) is 48.5 Å². The molecule has 126 valence electrons. The molecule has 0 radical (unpaired) electrons. The summed E-state index contributed by atoms with van der Waals surface area (Å²) >= 11 is 11.5. The molecule has 0 unspecified atom stereocenters. The van der Waals surface area contributed by atoms with E-state index in [1.807, 2.05) is 0 Å². The molecular formula is C16H15Cl2N3O3. The molecule has 0 aliphatic heterocycles. The Morgan fingerprint density at radius 3 is 1.88 bits per heavy atom. The number of amides is 3. The average Bonchev–Trinajstić information content (AvgIpc) is 2.56. The summed E-state index contributed by atoms with van der Waals surface area (Å²) in [5.41, 5.74) is 1.18. The van der Waals surface area contributed by atoms with Crippen molar-refractivity contribution in [1.29, 1.82) is 0 Å². The second kappa shape index (κ2) is 9.00. The summed E-state index contributed by atoms with van der Waals surface area (Å²) in [5, 5.41) is 8.89. The fourth-order valence-electron chi connectivity index (χ4n) is 1.70. The maximum Gasteiger partial charge on any atom is 0.411 e. The molecule has 0 aliphatic carbocycles. The van der Waals surface area contributed by atoms with Gasteiger partial charge >= 0.3 is 12.1 Å². The summed E-state index contributed by atoms with van der Waals surface area (Å²) in [6.07, 6.45) is -0.614. The van der Waals surface area contributed by atoms with E-state index in [0.717, 1.165) is 0 Å². The van der Waals surface area contributed by atoms with Crippen LogP contribution in [0.3, 0.4) is 0 Å². The molecule has 0 heterocycles. The van der Waals surface area contributed by atoms with Crippen LogP contribution in [0.5, 0.6) is 0 Å². The lowest BCUT2D eigenvalue weighted by Crippen LogP contribution is -2.32. The molecule has 0 saturated carbocycles. The normalized spacial score (nSPS) is 9.92. The summed E-state index contributed by atoms with van der Waals surface area (Å²) < 4.78 is 4.95. The highest BCUT2D eigenvalue weighted by molar-refractivity contribution is 6.30. The zero-order chi connectivity index (χ0) is 17.4. The first-order valence-electron chi connectivity index (χ1n) is 7.03. The number of hydrogen-bond acceptors (Lipinski definition) is 3. The molecule has 24 heavy (non-hydrogen) atoms. The number of rotatable bonds is 5. The highest BCUT2D eigenvalue weighted by Crippen LogP contribution is 2.14. The van der Waals surface area contributed by atoms with E-state index in [0.29, 0.717) is 21.4 Å². The molecule has 0 fully saturated rings. The van der Waals surface area contributed by atoms with Crippen molar-refractivity contribution in [3.63, 3.8) is 0 Å². The lowest BCUT2D eigenvalue weighted by atomic mass is 10.3. The number of nitrogens with one attached hydrogen (secondary N) is 3. The van der Waals surface area contributed by atoms with Crippen LogP contribution in [0.4, 0.5) is 21.0 Å². The number of anilines is 2. The van der Waals surface area contributed by atoms with E-state index in [-0.39, 0.29) is 13.2 Å². The minimum atomic E-state index is -0.614. The molecule has 0 atom stereocenters. The molecule has 0 saturated heterocycles. The van der Waals surface area contributed by atoms with Crippen molar-refractivity contribution in [3.05, 3.63) is 58.6 Å². The van der Waals surface area contributed by atoms with Crippen molar-refractivity contribution in [2.24, 2.45) is 0 Å². The van der Waals surface area contributed by atoms with Gasteiger partial charge in [0.1, 0.15) is 6.61 Å². The number of hydrogen-bond donors (Lipinski definition) is 3. The van der Waals surface area contributed by atoms with Gasteiger partial charge in [0.2, 0.25) is 0 Å². The third-order valence-corrected chi connectivity index (χ3v) is 3.32. The predicted molar refractivity (Wildman–Crippen MR) is 94.9 cm³/mol. The highest BCUT2D eigenvalue weighted by atomic mass is 35.5. The molecule has 2 aromatic rings. The van der Waals surface area contributed by atoms with Crippen molar-refractivity contribution in [2.45, 2.75) is 0 Å². The van der Waals surface area contributed by atoms with Gasteiger partial charge in [0.25, 0.3) is 0 Å². The monoisotopic (exact) mass is 367 g/mol. The van der Waals surface area contributed by atoms with E-state index in [1.54, 1.807) is 48.5 Å². The quantitative estimate of drug-likeness (QED) is 0.686. The Kier molecular flexibility index (Phi) is 6.72. The van der Waals surface area contributed by atoms with Crippen molar-refractivity contribution in [2.75, 3.05) is 23.8 Å².